The lowest BCUT2D eigenvalue weighted by atomic mass is 10.3. The van der Waals surface area contributed by atoms with Crippen molar-refractivity contribution in [1.82, 2.24) is 0 Å². The Hall–Kier alpha value is -2.31. The summed E-state index contributed by atoms with van der Waals surface area (Å²) in [6.45, 7) is 0.966. The van der Waals surface area contributed by atoms with Crippen LogP contribution in [0.3, 0.4) is 0 Å². The molecule has 0 aliphatic heterocycles. The number of rotatable bonds is 6. The van der Waals surface area contributed by atoms with Crippen LogP contribution in [0.4, 0.5) is 10.1 Å². The predicted octanol–water partition coefficient (Wildman–Crippen LogP) is 4.08. The Bertz CT molecular complexity index is 785. The molecule has 0 heterocycles. The van der Waals surface area contributed by atoms with E-state index in [1.807, 2.05) is 0 Å². The largest absolute Gasteiger partial charge is 0.482 e. The third kappa shape index (κ3) is 5.92. The average molecular weight is 386 g/mol. The molecule has 5 nitrogen and oxygen atoms in total. The Morgan fingerprint density at radius 1 is 1.16 bits per heavy atom. The summed E-state index contributed by atoms with van der Waals surface area (Å²) in [6.07, 6.45) is -1.13. The fourth-order valence-corrected chi connectivity index (χ4v) is 2.15. The number of hydrogen-bond donors (Lipinski definition) is 1. The highest BCUT2D eigenvalue weighted by Gasteiger charge is 2.19. The standard InChI is InChI=1S/C17H14Cl2FNO4/c1-10(17(23)21-15-6-5-12(19)8-14(15)20)25-16(22)9-24-13-4-2-3-11(18)7-13/h2-8,10H,9H2,1H3,(H,21,23)/t10-/m1/s1. The van der Waals surface area contributed by atoms with Gasteiger partial charge in [0.15, 0.2) is 12.7 Å². The number of amides is 1. The maximum atomic E-state index is 13.6. The second-order valence-corrected chi connectivity index (χ2v) is 5.86. The van der Waals surface area contributed by atoms with Crippen molar-refractivity contribution in [1.29, 1.82) is 0 Å². The van der Waals surface area contributed by atoms with Gasteiger partial charge in [-0.1, -0.05) is 29.3 Å². The van der Waals surface area contributed by atoms with Gasteiger partial charge < -0.3 is 14.8 Å². The Morgan fingerprint density at radius 2 is 1.88 bits per heavy atom. The van der Waals surface area contributed by atoms with Crippen molar-refractivity contribution in [3.63, 3.8) is 0 Å². The fourth-order valence-electron chi connectivity index (χ4n) is 1.81. The van der Waals surface area contributed by atoms with E-state index in [9.17, 15) is 14.0 Å². The van der Waals surface area contributed by atoms with Crippen LogP contribution in [0.5, 0.6) is 5.75 Å². The first-order chi connectivity index (χ1) is 11.8. The molecular formula is C17H14Cl2FNO4. The lowest BCUT2D eigenvalue weighted by Crippen LogP contribution is -2.31. The van der Waals surface area contributed by atoms with E-state index >= 15 is 0 Å². The molecule has 132 valence electrons. The molecule has 0 fully saturated rings. The van der Waals surface area contributed by atoms with E-state index in [1.54, 1.807) is 18.2 Å². The van der Waals surface area contributed by atoms with Gasteiger partial charge in [0.05, 0.1) is 5.69 Å². The van der Waals surface area contributed by atoms with Crippen molar-refractivity contribution >= 4 is 40.8 Å². The van der Waals surface area contributed by atoms with Crippen LogP contribution in [0, 0.1) is 5.82 Å². The second-order valence-electron chi connectivity index (χ2n) is 4.99. The Balaban J connectivity index is 1.84. The molecule has 0 bridgehead atoms. The van der Waals surface area contributed by atoms with E-state index in [4.69, 9.17) is 32.7 Å². The summed E-state index contributed by atoms with van der Waals surface area (Å²) >= 11 is 11.4. The van der Waals surface area contributed by atoms with Gasteiger partial charge in [0, 0.05) is 10.0 Å². The van der Waals surface area contributed by atoms with E-state index in [0.717, 1.165) is 6.07 Å². The molecule has 2 aromatic rings. The van der Waals surface area contributed by atoms with Crippen molar-refractivity contribution in [2.75, 3.05) is 11.9 Å². The number of hydrogen-bond acceptors (Lipinski definition) is 4. The van der Waals surface area contributed by atoms with Crippen molar-refractivity contribution in [2.45, 2.75) is 13.0 Å². The molecule has 0 saturated heterocycles. The third-order valence-electron chi connectivity index (χ3n) is 3.02. The Kier molecular flexibility index (Phi) is 6.61. The lowest BCUT2D eigenvalue weighted by Gasteiger charge is -2.14. The molecule has 25 heavy (non-hydrogen) atoms. The summed E-state index contributed by atoms with van der Waals surface area (Å²) in [5, 5.41) is 2.98. The molecule has 2 aromatic carbocycles. The topological polar surface area (TPSA) is 64.6 Å². The van der Waals surface area contributed by atoms with Crippen molar-refractivity contribution in [3.8, 4) is 5.75 Å². The number of benzene rings is 2. The second kappa shape index (κ2) is 8.69. The highest BCUT2D eigenvalue weighted by molar-refractivity contribution is 6.31. The van der Waals surface area contributed by atoms with Crippen LogP contribution in [0.1, 0.15) is 6.92 Å². The van der Waals surface area contributed by atoms with Crippen LogP contribution in [0.2, 0.25) is 10.0 Å². The number of ether oxygens (including phenoxy) is 2. The molecule has 2 rings (SSSR count). The van der Waals surface area contributed by atoms with Gasteiger partial charge in [-0.3, -0.25) is 4.79 Å². The molecule has 0 aromatic heterocycles. The predicted molar refractivity (Wildman–Crippen MR) is 92.5 cm³/mol. The average Bonchev–Trinajstić information content (AvgIpc) is 2.55. The van der Waals surface area contributed by atoms with Gasteiger partial charge in [0.2, 0.25) is 0 Å². The molecule has 0 unspecified atom stereocenters. The highest BCUT2D eigenvalue weighted by atomic mass is 35.5. The van der Waals surface area contributed by atoms with Crippen LogP contribution in [-0.2, 0) is 14.3 Å². The van der Waals surface area contributed by atoms with Crippen molar-refractivity contribution in [2.24, 2.45) is 0 Å². The minimum Gasteiger partial charge on any atom is -0.482 e. The number of carbonyl (C=O) groups is 2. The molecule has 0 aliphatic carbocycles. The zero-order valence-corrected chi connectivity index (χ0v) is 14.6. The number of nitrogens with one attached hydrogen (secondary N) is 1. The molecular weight excluding hydrogens is 372 g/mol. The maximum absolute atomic E-state index is 13.6. The normalized spacial score (nSPS) is 11.5. The molecule has 0 saturated carbocycles. The van der Waals surface area contributed by atoms with E-state index in [1.165, 1.54) is 25.1 Å². The minimum atomic E-state index is -1.13. The van der Waals surface area contributed by atoms with E-state index < -0.39 is 30.4 Å². The Labute approximate surface area is 153 Å². The van der Waals surface area contributed by atoms with Crippen molar-refractivity contribution in [3.05, 3.63) is 58.3 Å². The molecule has 1 N–H and O–H groups in total. The van der Waals surface area contributed by atoms with Gasteiger partial charge in [-0.2, -0.15) is 0 Å². The highest BCUT2D eigenvalue weighted by Crippen LogP contribution is 2.19. The summed E-state index contributed by atoms with van der Waals surface area (Å²) in [7, 11) is 0. The minimum absolute atomic E-state index is 0.0625. The summed E-state index contributed by atoms with van der Waals surface area (Å²) in [5.41, 5.74) is -0.0625. The third-order valence-corrected chi connectivity index (χ3v) is 3.49. The number of carbonyl (C=O) groups excluding carboxylic acids is 2. The first-order valence-electron chi connectivity index (χ1n) is 7.19. The van der Waals surface area contributed by atoms with Crippen LogP contribution in [0.25, 0.3) is 0 Å². The van der Waals surface area contributed by atoms with E-state index in [0.29, 0.717) is 10.8 Å². The zero-order valence-electron chi connectivity index (χ0n) is 13.1. The molecule has 0 radical (unpaired) electrons. The number of esters is 1. The van der Waals surface area contributed by atoms with Crippen LogP contribution in [-0.4, -0.2) is 24.6 Å². The molecule has 0 aliphatic rings. The van der Waals surface area contributed by atoms with E-state index in [2.05, 4.69) is 5.32 Å². The molecule has 0 spiro atoms. The van der Waals surface area contributed by atoms with Gasteiger partial charge in [-0.25, -0.2) is 9.18 Å². The SMILES string of the molecule is C[C@@H](OC(=O)COc1cccc(Cl)c1)C(=O)Nc1ccc(Cl)cc1F. The summed E-state index contributed by atoms with van der Waals surface area (Å²) < 4.78 is 23.8. The van der Waals surface area contributed by atoms with Gasteiger partial charge in [0.25, 0.3) is 5.91 Å². The van der Waals surface area contributed by atoms with Crippen LogP contribution < -0.4 is 10.1 Å². The van der Waals surface area contributed by atoms with E-state index in [-0.39, 0.29) is 10.7 Å². The van der Waals surface area contributed by atoms with Gasteiger partial charge in [-0.15, -0.1) is 0 Å². The first kappa shape index (κ1) is 19.0. The smallest absolute Gasteiger partial charge is 0.344 e. The number of halogens is 3. The maximum Gasteiger partial charge on any atom is 0.344 e. The summed E-state index contributed by atoms with van der Waals surface area (Å²) in [6, 6.07) is 10.3. The zero-order chi connectivity index (χ0) is 18.4. The first-order valence-corrected chi connectivity index (χ1v) is 7.94. The van der Waals surface area contributed by atoms with Crippen molar-refractivity contribution < 1.29 is 23.5 Å². The summed E-state index contributed by atoms with van der Waals surface area (Å²) in [4.78, 5) is 23.7. The molecule has 8 heteroatoms. The summed E-state index contributed by atoms with van der Waals surface area (Å²) in [5.74, 6) is -1.73. The van der Waals surface area contributed by atoms with Crippen LogP contribution in [0.15, 0.2) is 42.5 Å². The van der Waals surface area contributed by atoms with Gasteiger partial charge in [0.1, 0.15) is 11.6 Å². The van der Waals surface area contributed by atoms with Gasteiger partial charge in [-0.05, 0) is 43.3 Å². The lowest BCUT2D eigenvalue weighted by molar-refractivity contribution is -0.155. The monoisotopic (exact) mass is 385 g/mol. The van der Waals surface area contributed by atoms with Gasteiger partial charge >= 0.3 is 5.97 Å². The van der Waals surface area contributed by atoms with Crippen LogP contribution >= 0.6 is 23.2 Å². The molecule has 1 atom stereocenters. The quantitative estimate of drug-likeness (QED) is 0.760. The molecule has 1 amide bonds. The number of anilines is 1. The Morgan fingerprint density at radius 3 is 2.56 bits per heavy atom. The fraction of sp³-hybridized carbons (Fsp3) is 0.176.